The molecule has 0 saturated carbocycles. The fourth-order valence-electron chi connectivity index (χ4n) is 3.85. The normalized spacial score (nSPS) is 14.5. The van der Waals surface area contributed by atoms with Crippen LogP contribution in [0.15, 0.2) is 114 Å². The van der Waals surface area contributed by atoms with E-state index in [4.69, 9.17) is 16.3 Å². The molecule has 3 N–H and O–H groups in total. The maximum Gasteiger partial charge on any atom is 0.269 e. The average molecular weight is 532 g/mol. The molecule has 5 rings (SSSR count). The lowest BCUT2D eigenvalue weighted by Gasteiger charge is -2.26. The van der Waals surface area contributed by atoms with Gasteiger partial charge in [0.1, 0.15) is 11.9 Å². The van der Waals surface area contributed by atoms with Crippen LogP contribution < -0.4 is 20.3 Å². The first kappa shape index (κ1) is 24.4. The van der Waals surface area contributed by atoms with Gasteiger partial charge >= 0.3 is 0 Å². The van der Waals surface area contributed by atoms with E-state index < -0.39 is 15.9 Å². The van der Waals surface area contributed by atoms with Gasteiger partial charge in [0, 0.05) is 21.8 Å². The third-order valence-corrected chi connectivity index (χ3v) is 7.32. The Kier molecular flexibility index (Phi) is 6.85. The van der Waals surface area contributed by atoms with Gasteiger partial charge in [0.25, 0.3) is 15.9 Å². The number of hydrogen-bond donors (Lipinski definition) is 3. The first-order valence-electron chi connectivity index (χ1n) is 11.4. The fraction of sp³-hybridized carbons (Fsp3) is 0.0357. The smallest absolute Gasteiger partial charge is 0.269 e. The summed E-state index contributed by atoms with van der Waals surface area (Å²) in [6.07, 6.45) is 1.54. The van der Waals surface area contributed by atoms with Crippen molar-refractivity contribution in [1.29, 1.82) is 0 Å². The van der Waals surface area contributed by atoms with Gasteiger partial charge in [0.2, 0.25) is 0 Å². The Morgan fingerprint density at radius 2 is 1.57 bits per heavy atom. The monoisotopic (exact) mass is 531 g/mol. The molecule has 0 spiro atoms. The molecule has 0 unspecified atom stereocenters. The standard InChI is InChI=1S/C28H22ClN3O4S/c29-21-13-15-22(16-14-21)32-37(34,35)23-10-6-9-20(17-23)28(33)31-30-25-18-27(19-7-2-1-3-8-19)36-26-12-5-4-11-24(25)26/h1-18,27,30,32H,(H,31,33)/t27-/m0/s1. The van der Waals surface area contributed by atoms with E-state index in [2.05, 4.69) is 15.6 Å². The number of anilines is 1. The number of benzene rings is 4. The van der Waals surface area contributed by atoms with Crippen molar-refractivity contribution in [3.05, 3.63) is 131 Å². The van der Waals surface area contributed by atoms with Gasteiger partial charge < -0.3 is 4.74 Å². The molecule has 7 nitrogen and oxygen atoms in total. The molecule has 1 atom stereocenters. The third-order valence-electron chi connectivity index (χ3n) is 5.69. The quantitative estimate of drug-likeness (QED) is 0.272. The van der Waals surface area contributed by atoms with Crippen molar-refractivity contribution >= 4 is 38.9 Å². The van der Waals surface area contributed by atoms with Gasteiger partial charge in [-0.25, -0.2) is 8.42 Å². The van der Waals surface area contributed by atoms with Gasteiger partial charge in [0.05, 0.1) is 10.6 Å². The molecule has 4 aromatic carbocycles. The van der Waals surface area contributed by atoms with Crippen LogP contribution in [0.3, 0.4) is 0 Å². The molecule has 4 aromatic rings. The Labute approximate surface area is 219 Å². The van der Waals surface area contributed by atoms with E-state index in [-0.39, 0.29) is 16.6 Å². The number of rotatable bonds is 7. The minimum absolute atomic E-state index is 0.0464. The van der Waals surface area contributed by atoms with Gasteiger partial charge in [-0.1, -0.05) is 60.1 Å². The highest BCUT2D eigenvalue weighted by Gasteiger charge is 2.22. The van der Waals surface area contributed by atoms with Gasteiger partial charge in [-0.05, 0) is 66.2 Å². The highest BCUT2D eigenvalue weighted by atomic mass is 35.5. The van der Waals surface area contributed by atoms with Gasteiger partial charge in [-0.3, -0.25) is 20.4 Å². The van der Waals surface area contributed by atoms with Crippen LogP contribution in [0.4, 0.5) is 5.69 Å². The van der Waals surface area contributed by atoms with Crippen LogP contribution in [-0.2, 0) is 10.0 Å². The first-order chi connectivity index (χ1) is 17.9. The molecule has 37 heavy (non-hydrogen) atoms. The highest BCUT2D eigenvalue weighted by Crippen LogP contribution is 2.35. The second-order valence-corrected chi connectivity index (χ2v) is 10.4. The number of para-hydroxylation sites is 1. The average Bonchev–Trinajstić information content (AvgIpc) is 2.93. The second kappa shape index (κ2) is 10.4. The molecule has 0 bridgehead atoms. The zero-order valence-electron chi connectivity index (χ0n) is 19.4. The minimum atomic E-state index is -3.92. The molecule has 186 valence electrons. The fourth-order valence-corrected chi connectivity index (χ4v) is 5.08. The maximum absolute atomic E-state index is 13.0. The lowest BCUT2D eigenvalue weighted by atomic mass is 10.0. The number of carbonyl (C=O) groups excluding carboxylic acids is 1. The molecular formula is C28H22ClN3O4S. The van der Waals surface area contributed by atoms with Gasteiger partial charge in [0.15, 0.2) is 0 Å². The van der Waals surface area contributed by atoms with Crippen molar-refractivity contribution in [2.45, 2.75) is 11.0 Å². The summed E-state index contributed by atoms with van der Waals surface area (Å²) in [7, 11) is -3.92. The number of sulfonamides is 1. The molecule has 0 radical (unpaired) electrons. The zero-order chi connectivity index (χ0) is 25.8. The summed E-state index contributed by atoms with van der Waals surface area (Å²) in [6.45, 7) is 0. The number of carbonyl (C=O) groups is 1. The van der Waals surface area contributed by atoms with E-state index in [1.807, 2.05) is 60.7 Å². The molecule has 1 heterocycles. The van der Waals surface area contributed by atoms with Gasteiger partial charge in [-0.15, -0.1) is 0 Å². The van der Waals surface area contributed by atoms with Crippen molar-refractivity contribution in [2.75, 3.05) is 4.72 Å². The molecule has 1 aliphatic heterocycles. The summed E-state index contributed by atoms with van der Waals surface area (Å²) in [5.41, 5.74) is 8.61. The van der Waals surface area contributed by atoms with E-state index in [9.17, 15) is 13.2 Å². The Balaban J connectivity index is 1.33. The van der Waals surface area contributed by atoms with Crippen molar-refractivity contribution < 1.29 is 17.9 Å². The Morgan fingerprint density at radius 3 is 2.35 bits per heavy atom. The van der Waals surface area contributed by atoms with Crippen molar-refractivity contribution in [1.82, 2.24) is 10.9 Å². The van der Waals surface area contributed by atoms with E-state index >= 15 is 0 Å². The van der Waals surface area contributed by atoms with Crippen LogP contribution in [0.2, 0.25) is 5.02 Å². The number of fused-ring (bicyclic) bond motifs is 1. The summed E-state index contributed by atoms with van der Waals surface area (Å²) in [5, 5.41) is 0.492. The van der Waals surface area contributed by atoms with E-state index in [1.54, 1.807) is 24.3 Å². The van der Waals surface area contributed by atoms with E-state index in [0.29, 0.717) is 22.2 Å². The van der Waals surface area contributed by atoms with Crippen LogP contribution in [0.25, 0.3) is 5.70 Å². The first-order valence-corrected chi connectivity index (χ1v) is 13.2. The molecule has 1 aliphatic rings. The predicted octanol–water partition coefficient (Wildman–Crippen LogP) is 5.55. The van der Waals surface area contributed by atoms with Crippen LogP contribution in [-0.4, -0.2) is 14.3 Å². The summed E-state index contributed by atoms with van der Waals surface area (Å²) in [5.74, 6) is 0.182. The molecule has 1 amide bonds. The molecule has 0 saturated heterocycles. The van der Waals surface area contributed by atoms with Crippen LogP contribution in [0.5, 0.6) is 5.75 Å². The molecule has 9 heteroatoms. The molecule has 0 aromatic heterocycles. The largest absolute Gasteiger partial charge is 0.481 e. The zero-order valence-corrected chi connectivity index (χ0v) is 21.0. The molecule has 0 fully saturated rings. The Hall–Kier alpha value is -4.27. The Morgan fingerprint density at radius 1 is 0.838 bits per heavy atom. The third kappa shape index (κ3) is 5.61. The number of ether oxygens (including phenoxy) is 1. The molecule has 0 aliphatic carbocycles. The predicted molar refractivity (Wildman–Crippen MR) is 144 cm³/mol. The number of hydrogen-bond acceptors (Lipinski definition) is 5. The van der Waals surface area contributed by atoms with E-state index in [0.717, 1.165) is 11.1 Å². The van der Waals surface area contributed by atoms with E-state index in [1.165, 1.54) is 24.3 Å². The SMILES string of the molecule is O=C(NNC1=C[C@@H](c2ccccc2)Oc2ccccc21)c1cccc(S(=O)(=O)Nc2ccc(Cl)cc2)c1. The van der Waals surface area contributed by atoms with Crippen LogP contribution >= 0.6 is 11.6 Å². The lowest BCUT2D eigenvalue weighted by molar-refractivity contribution is 0.0941. The second-order valence-electron chi connectivity index (χ2n) is 8.24. The minimum Gasteiger partial charge on any atom is -0.481 e. The van der Waals surface area contributed by atoms with Crippen molar-refractivity contribution in [2.24, 2.45) is 0 Å². The number of hydrazine groups is 1. The summed E-state index contributed by atoms with van der Waals surface area (Å²) < 4.78 is 34.3. The number of amides is 1. The Bertz CT molecular complexity index is 1570. The lowest BCUT2D eigenvalue weighted by Crippen LogP contribution is -2.37. The maximum atomic E-state index is 13.0. The van der Waals surface area contributed by atoms with Crippen LogP contribution in [0.1, 0.15) is 27.6 Å². The number of nitrogens with one attached hydrogen (secondary N) is 3. The highest BCUT2D eigenvalue weighted by molar-refractivity contribution is 7.92. The summed E-state index contributed by atoms with van der Waals surface area (Å²) >= 11 is 5.87. The van der Waals surface area contributed by atoms with Crippen LogP contribution in [0, 0.1) is 0 Å². The van der Waals surface area contributed by atoms with Crippen molar-refractivity contribution in [3.8, 4) is 5.75 Å². The van der Waals surface area contributed by atoms with Gasteiger partial charge in [-0.2, -0.15) is 0 Å². The molecular weight excluding hydrogens is 510 g/mol. The summed E-state index contributed by atoms with van der Waals surface area (Å²) in [6, 6.07) is 29.3. The topological polar surface area (TPSA) is 96.5 Å². The summed E-state index contributed by atoms with van der Waals surface area (Å²) in [4.78, 5) is 12.9. The number of halogens is 1. The van der Waals surface area contributed by atoms with Crippen molar-refractivity contribution in [3.63, 3.8) is 0 Å².